The van der Waals surface area contributed by atoms with Crippen molar-refractivity contribution >= 4 is 5.82 Å². The van der Waals surface area contributed by atoms with Crippen molar-refractivity contribution in [1.29, 1.82) is 0 Å². The standard InChI is InChI=1S/C16H28FN3O/c1-5-6-9-20(10-11-21)15-14(17)13(7-8-18-15)12-19-16(2,3)4/h7-8,19,21H,5-6,9-12H2,1-4H3. The summed E-state index contributed by atoms with van der Waals surface area (Å²) in [6.07, 6.45) is 3.61. The molecule has 0 aliphatic carbocycles. The summed E-state index contributed by atoms with van der Waals surface area (Å²) in [6.45, 7) is 9.80. The first kappa shape index (κ1) is 17.9. The molecule has 4 nitrogen and oxygen atoms in total. The molecule has 0 saturated carbocycles. The van der Waals surface area contributed by atoms with Crippen LogP contribution in [0, 0.1) is 5.82 Å². The van der Waals surface area contributed by atoms with E-state index in [-0.39, 0.29) is 18.0 Å². The third kappa shape index (κ3) is 5.98. The quantitative estimate of drug-likeness (QED) is 0.774. The minimum atomic E-state index is -0.293. The van der Waals surface area contributed by atoms with E-state index in [0.717, 1.165) is 12.8 Å². The number of aliphatic hydroxyl groups excluding tert-OH is 1. The lowest BCUT2D eigenvalue weighted by molar-refractivity contribution is 0.300. The molecular weight excluding hydrogens is 269 g/mol. The Bertz CT molecular complexity index is 432. The predicted molar refractivity (Wildman–Crippen MR) is 85.0 cm³/mol. The topological polar surface area (TPSA) is 48.4 Å². The highest BCUT2D eigenvalue weighted by Gasteiger charge is 2.17. The van der Waals surface area contributed by atoms with Gasteiger partial charge in [-0.15, -0.1) is 0 Å². The second-order valence-electron chi connectivity index (χ2n) is 6.28. The summed E-state index contributed by atoms with van der Waals surface area (Å²) < 4.78 is 14.6. The van der Waals surface area contributed by atoms with Crippen LogP contribution in [0.1, 0.15) is 46.1 Å². The molecule has 5 heteroatoms. The number of unbranched alkanes of at least 4 members (excludes halogenated alkanes) is 1. The lowest BCUT2D eigenvalue weighted by Gasteiger charge is -2.25. The largest absolute Gasteiger partial charge is 0.395 e. The number of aromatic nitrogens is 1. The molecule has 21 heavy (non-hydrogen) atoms. The number of nitrogens with zero attached hydrogens (tertiary/aromatic N) is 2. The number of hydrogen-bond acceptors (Lipinski definition) is 4. The highest BCUT2D eigenvalue weighted by molar-refractivity contribution is 5.43. The first-order chi connectivity index (χ1) is 9.89. The van der Waals surface area contributed by atoms with Gasteiger partial charge < -0.3 is 15.3 Å². The van der Waals surface area contributed by atoms with E-state index in [2.05, 4.69) is 17.2 Å². The highest BCUT2D eigenvalue weighted by atomic mass is 19.1. The van der Waals surface area contributed by atoms with Crippen molar-refractivity contribution in [3.05, 3.63) is 23.6 Å². The Labute approximate surface area is 127 Å². The Morgan fingerprint density at radius 1 is 1.33 bits per heavy atom. The fraction of sp³-hybridized carbons (Fsp3) is 0.688. The van der Waals surface area contributed by atoms with Gasteiger partial charge in [-0.05, 0) is 33.3 Å². The molecule has 2 N–H and O–H groups in total. The van der Waals surface area contributed by atoms with Crippen molar-refractivity contribution in [1.82, 2.24) is 10.3 Å². The Hall–Kier alpha value is -1.20. The van der Waals surface area contributed by atoms with E-state index in [1.165, 1.54) is 0 Å². The second-order valence-corrected chi connectivity index (χ2v) is 6.28. The van der Waals surface area contributed by atoms with E-state index in [1.807, 2.05) is 25.7 Å². The Balaban J connectivity index is 2.90. The van der Waals surface area contributed by atoms with Crippen LogP contribution in [0.2, 0.25) is 0 Å². The van der Waals surface area contributed by atoms with Crippen LogP contribution in [0.5, 0.6) is 0 Å². The third-order valence-corrected chi connectivity index (χ3v) is 3.21. The molecule has 1 aromatic rings. The molecule has 0 fully saturated rings. The normalized spacial score (nSPS) is 11.7. The molecule has 0 radical (unpaired) electrons. The van der Waals surface area contributed by atoms with Gasteiger partial charge in [0, 0.05) is 36.9 Å². The van der Waals surface area contributed by atoms with Crippen LogP contribution in [-0.4, -0.2) is 35.3 Å². The fourth-order valence-corrected chi connectivity index (χ4v) is 1.98. The van der Waals surface area contributed by atoms with Gasteiger partial charge in [0.05, 0.1) is 6.61 Å². The van der Waals surface area contributed by atoms with Crippen LogP contribution in [0.15, 0.2) is 12.3 Å². The molecule has 1 rings (SSSR count). The summed E-state index contributed by atoms with van der Waals surface area (Å²) in [6, 6.07) is 1.70. The summed E-state index contributed by atoms with van der Waals surface area (Å²) in [5, 5.41) is 12.4. The smallest absolute Gasteiger partial charge is 0.170 e. The zero-order valence-corrected chi connectivity index (χ0v) is 13.6. The molecule has 0 aliphatic rings. The van der Waals surface area contributed by atoms with Crippen LogP contribution in [0.25, 0.3) is 0 Å². The third-order valence-electron chi connectivity index (χ3n) is 3.21. The average molecular weight is 297 g/mol. The minimum Gasteiger partial charge on any atom is -0.395 e. The van der Waals surface area contributed by atoms with E-state index in [4.69, 9.17) is 5.11 Å². The maximum atomic E-state index is 14.6. The van der Waals surface area contributed by atoms with Crippen LogP contribution in [0.4, 0.5) is 10.2 Å². The van der Waals surface area contributed by atoms with Crippen molar-refractivity contribution in [3.8, 4) is 0 Å². The Morgan fingerprint density at radius 2 is 2.05 bits per heavy atom. The number of nitrogens with one attached hydrogen (secondary N) is 1. The van der Waals surface area contributed by atoms with Crippen molar-refractivity contribution in [2.45, 2.75) is 52.6 Å². The summed E-state index contributed by atoms with van der Waals surface area (Å²) in [5.41, 5.74) is 0.539. The number of pyridine rings is 1. The molecule has 120 valence electrons. The van der Waals surface area contributed by atoms with Crippen LogP contribution >= 0.6 is 0 Å². The fourth-order valence-electron chi connectivity index (χ4n) is 1.98. The molecular formula is C16H28FN3O. The number of hydrogen-bond donors (Lipinski definition) is 2. The van der Waals surface area contributed by atoms with Crippen LogP contribution < -0.4 is 10.2 Å². The van der Waals surface area contributed by atoms with Gasteiger partial charge in [0.25, 0.3) is 0 Å². The van der Waals surface area contributed by atoms with E-state index in [1.54, 1.807) is 12.3 Å². The van der Waals surface area contributed by atoms with Crippen molar-refractivity contribution in [3.63, 3.8) is 0 Å². The molecule has 0 saturated heterocycles. The van der Waals surface area contributed by atoms with Gasteiger partial charge in [-0.25, -0.2) is 9.37 Å². The molecule has 0 bridgehead atoms. The SMILES string of the molecule is CCCCN(CCO)c1nccc(CNC(C)(C)C)c1F. The summed E-state index contributed by atoms with van der Waals surface area (Å²) in [5.74, 6) is 0.0458. The molecule has 0 unspecified atom stereocenters. The molecule has 0 atom stereocenters. The van der Waals surface area contributed by atoms with Crippen molar-refractivity contribution in [2.24, 2.45) is 0 Å². The maximum Gasteiger partial charge on any atom is 0.170 e. The van der Waals surface area contributed by atoms with Gasteiger partial charge >= 0.3 is 0 Å². The van der Waals surface area contributed by atoms with Gasteiger partial charge in [-0.2, -0.15) is 0 Å². The Morgan fingerprint density at radius 3 is 2.62 bits per heavy atom. The monoisotopic (exact) mass is 297 g/mol. The molecule has 1 aromatic heterocycles. The minimum absolute atomic E-state index is 0.00466. The zero-order valence-electron chi connectivity index (χ0n) is 13.6. The van der Waals surface area contributed by atoms with Crippen molar-refractivity contribution < 1.29 is 9.50 Å². The van der Waals surface area contributed by atoms with Crippen LogP contribution in [0.3, 0.4) is 0 Å². The Kier molecular flexibility index (Phi) is 7.05. The second kappa shape index (κ2) is 8.29. The first-order valence-corrected chi connectivity index (χ1v) is 7.63. The van der Waals surface area contributed by atoms with E-state index >= 15 is 0 Å². The molecule has 0 aromatic carbocycles. The van der Waals surface area contributed by atoms with Gasteiger partial charge in [-0.3, -0.25) is 0 Å². The number of rotatable bonds is 8. The van der Waals surface area contributed by atoms with Gasteiger partial charge in [0.1, 0.15) is 0 Å². The molecule has 0 aliphatic heterocycles. The summed E-state index contributed by atoms with van der Waals surface area (Å²) in [4.78, 5) is 5.99. The number of anilines is 1. The lowest BCUT2D eigenvalue weighted by Crippen LogP contribution is -2.35. The van der Waals surface area contributed by atoms with Gasteiger partial charge in [0.2, 0.25) is 0 Å². The molecule has 0 amide bonds. The average Bonchev–Trinajstić information content (AvgIpc) is 2.42. The number of halogens is 1. The van der Waals surface area contributed by atoms with E-state index < -0.39 is 0 Å². The predicted octanol–water partition coefficient (Wildman–Crippen LogP) is 2.71. The van der Waals surface area contributed by atoms with E-state index in [0.29, 0.717) is 31.0 Å². The maximum absolute atomic E-state index is 14.6. The lowest BCUT2D eigenvalue weighted by atomic mass is 10.1. The summed E-state index contributed by atoms with van der Waals surface area (Å²) in [7, 11) is 0. The van der Waals surface area contributed by atoms with E-state index in [9.17, 15) is 4.39 Å². The van der Waals surface area contributed by atoms with Crippen LogP contribution in [-0.2, 0) is 6.54 Å². The first-order valence-electron chi connectivity index (χ1n) is 7.63. The number of aliphatic hydroxyl groups is 1. The summed E-state index contributed by atoms with van der Waals surface area (Å²) >= 11 is 0. The van der Waals surface area contributed by atoms with Crippen molar-refractivity contribution in [2.75, 3.05) is 24.6 Å². The van der Waals surface area contributed by atoms with Gasteiger partial charge in [-0.1, -0.05) is 13.3 Å². The van der Waals surface area contributed by atoms with Gasteiger partial charge in [0.15, 0.2) is 11.6 Å². The highest BCUT2D eigenvalue weighted by Crippen LogP contribution is 2.20. The molecule has 0 spiro atoms. The zero-order chi connectivity index (χ0) is 15.9. The molecule has 1 heterocycles.